The lowest BCUT2D eigenvalue weighted by Gasteiger charge is -2.14. The minimum atomic E-state index is -4.72. The Balaban J connectivity index is 2.30. The first kappa shape index (κ1) is 13.3. The zero-order valence-electron chi connectivity index (χ0n) is 9.30. The number of halogens is 2. The van der Waals surface area contributed by atoms with E-state index in [1.165, 1.54) is 6.20 Å². The summed E-state index contributed by atoms with van der Waals surface area (Å²) >= 11 is 3.21. The highest BCUT2D eigenvalue weighted by Crippen LogP contribution is 2.24. The molecule has 1 aromatic rings. The highest BCUT2D eigenvalue weighted by Gasteiger charge is 2.40. The maximum atomic E-state index is 12.8. The van der Waals surface area contributed by atoms with Gasteiger partial charge < -0.3 is 0 Å². The summed E-state index contributed by atoms with van der Waals surface area (Å²) in [5.41, 5.74) is 0.611. The SMILES string of the molecule is Cc1nc(N2CC(S(=O)(=O)F)CC2=O)ncc1Br. The van der Waals surface area contributed by atoms with Crippen molar-refractivity contribution in [1.29, 1.82) is 0 Å². The van der Waals surface area contributed by atoms with E-state index in [1.807, 2.05) is 0 Å². The van der Waals surface area contributed by atoms with Crippen molar-refractivity contribution in [2.24, 2.45) is 0 Å². The summed E-state index contributed by atoms with van der Waals surface area (Å²) in [6.45, 7) is 1.46. The van der Waals surface area contributed by atoms with Crippen molar-refractivity contribution >= 4 is 38.0 Å². The normalized spacial score (nSPS) is 20.5. The molecule has 2 rings (SSSR count). The average Bonchev–Trinajstić information content (AvgIpc) is 2.64. The Hall–Kier alpha value is -1.09. The molecule has 98 valence electrons. The van der Waals surface area contributed by atoms with Gasteiger partial charge in [0.05, 0.1) is 10.2 Å². The number of hydrogen-bond donors (Lipinski definition) is 0. The molecule has 0 radical (unpaired) electrons. The summed E-state index contributed by atoms with van der Waals surface area (Å²) in [6.07, 6.45) is 1.08. The van der Waals surface area contributed by atoms with E-state index in [9.17, 15) is 17.1 Å². The molecule has 1 amide bonds. The van der Waals surface area contributed by atoms with Crippen LogP contribution in [0.4, 0.5) is 9.83 Å². The molecule has 1 unspecified atom stereocenters. The van der Waals surface area contributed by atoms with E-state index >= 15 is 0 Å². The van der Waals surface area contributed by atoms with Crippen LogP contribution in [0.1, 0.15) is 12.1 Å². The van der Waals surface area contributed by atoms with Crippen LogP contribution in [-0.4, -0.2) is 36.1 Å². The Labute approximate surface area is 112 Å². The molecule has 1 aliphatic heterocycles. The van der Waals surface area contributed by atoms with Gasteiger partial charge in [-0.3, -0.25) is 9.69 Å². The minimum absolute atomic E-state index is 0.0897. The molecule has 0 aromatic carbocycles. The van der Waals surface area contributed by atoms with Gasteiger partial charge in [0.15, 0.2) is 0 Å². The third-order valence-corrected chi connectivity index (χ3v) is 4.53. The summed E-state index contributed by atoms with van der Waals surface area (Å²) in [6, 6.07) is 0. The van der Waals surface area contributed by atoms with Crippen molar-refractivity contribution in [2.45, 2.75) is 18.6 Å². The molecule has 0 aliphatic carbocycles. The largest absolute Gasteiger partial charge is 0.307 e. The molecule has 2 heterocycles. The predicted molar refractivity (Wildman–Crippen MR) is 65.3 cm³/mol. The second kappa shape index (κ2) is 4.54. The van der Waals surface area contributed by atoms with Gasteiger partial charge >= 0.3 is 10.2 Å². The summed E-state index contributed by atoms with van der Waals surface area (Å²) in [5, 5.41) is -1.34. The molecule has 18 heavy (non-hydrogen) atoms. The fourth-order valence-electron chi connectivity index (χ4n) is 1.63. The predicted octanol–water partition coefficient (Wildman–Crippen LogP) is 0.952. The van der Waals surface area contributed by atoms with Crippen LogP contribution < -0.4 is 4.90 Å². The number of carbonyl (C=O) groups is 1. The monoisotopic (exact) mass is 337 g/mol. The van der Waals surface area contributed by atoms with Gasteiger partial charge in [-0.25, -0.2) is 9.97 Å². The Kier molecular flexibility index (Phi) is 3.37. The molecule has 1 saturated heterocycles. The van der Waals surface area contributed by atoms with E-state index in [4.69, 9.17) is 0 Å². The lowest BCUT2D eigenvalue weighted by atomic mass is 10.4. The van der Waals surface area contributed by atoms with Gasteiger partial charge in [-0.1, -0.05) is 0 Å². The number of aromatic nitrogens is 2. The first-order valence-electron chi connectivity index (χ1n) is 5.02. The Morgan fingerprint density at radius 3 is 2.72 bits per heavy atom. The first-order valence-corrected chi connectivity index (χ1v) is 7.26. The van der Waals surface area contributed by atoms with E-state index in [2.05, 4.69) is 25.9 Å². The zero-order valence-corrected chi connectivity index (χ0v) is 11.7. The second-order valence-electron chi connectivity index (χ2n) is 3.91. The van der Waals surface area contributed by atoms with Crippen LogP contribution in [0.5, 0.6) is 0 Å². The van der Waals surface area contributed by atoms with Crippen molar-refractivity contribution in [3.05, 3.63) is 16.4 Å². The maximum Gasteiger partial charge on any atom is 0.307 e. The molecule has 0 spiro atoms. The highest BCUT2D eigenvalue weighted by atomic mass is 79.9. The van der Waals surface area contributed by atoms with Crippen LogP contribution in [-0.2, 0) is 15.0 Å². The van der Waals surface area contributed by atoms with E-state index < -0.39 is 21.4 Å². The zero-order chi connectivity index (χ0) is 13.5. The number of rotatable bonds is 2. The average molecular weight is 338 g/mol. The van der Waals surface area contributed by atoms with Crippen molar-refractivity contribution < 1.29 is 17.1 Å². The summed E-state index contributed by atoms with van der Waals surface area (Å²) in [5.74, 6) is -0.408. The van der Waals surface area contributed by atoms with Gasteiger partial charge in [0.1, 0.15) is 5.25 Å². The van der Waals surface area contributed by atoms with E-state index in [0.29, 0.717) is 10.2 Å². The van der Waals surface area contributed by atoms with Gasteiger partial charge in [0.2, 0.25) is 11.9 Å². The Morgan fingerprint density at radius 1 is 1.56 bits per heavy atom. The molecule has 9 heteroatoms. The summed E-state index contributed by atoms with van der Waals surface area (Å²) in [7, 11) is -4.72. The molecular weight excluding hydrogens is 329 g/mol. The minimum Gasteiger partial charge on any atom is -0.279 e. The maximum absolute atomic E-state index is 12.8. The lowest BCUT2D eigenvalue weighted by molar-refractivity contribution is -0.117. The molecule has 0 N–H and O–H groups in total. The molecule has 1 aliphatic rings. The summed E-state index contributed by atoms with van der Waals surface area (Å²) < 4.78 is 35.1. The van der Waals surface area contributed by atoms with E-state index in [0.717, 1.165) is 4.90 Å². The molecule has 0 saturated carbocycles. The number of aryl methyl sites for hydroxylation is 1. The van der Waals surface area contributed by atoms with Crippen LogP contribution in [0.25, 0.3) is 0 Å². The fourth-order valence-corrected chi connectivity index (χ4v) is 2.49. The second-order valence-corrected chi connectivity index (χ2v) is 6.38. The molecular formula is C9H9BrFN3O3S. The number of carbonyl (C=O) groups excluding carboxylic acids is 1. The third kappa shape index (κ3) is 2.51. The van der Waals surface area contributed by atoms with Crippen molar-refractivity contribution in [3.63, 3.8) is 0 Å². The topological polar surface area (TPSA) is 80.2 Å². The van der Waals surface area contributed by atoms with Gasteiger partial charge in [0, 0.05) is 19.2 Å². The molecule has 1 aromatic heterocycles. The van der Waals surface area contributed by atoms with E-state index in [1.54, 1.807) is 6.92 Å². The fraction of sp³-hybridized carbons (Fsp3) is 0.444. The van der Waals surface area contributed by atoms with Crippen LogP contribution in [0, 0.1) is 6.92 Å². The Bertz CT molecular complexity index is 607. The lowest BCUT2D eigenvalue weighted by Crippen LogP contribution is -2.28. The number of hydrogen-bond acceptors (Lipinski definition) is 5. The van der Waals surface area contributed by atoms with Crippen molar-refractivity contribution in [3.8, 4) is 0 Å². The number of nitrogens with zero attached hydrogens (tertiary/aromatic N) is 3. The number of anilines is 1. The Morgan fingerprint density at radius 2 is 2.22 bits per heavy atom. The van der Waals surface area contributed by atoms with Gasteiger partial charge in [-0.05, 0) is 22.9 Å². The summed E-state index contributed by atoms with van der Waals surface area (Å²) in [4.78, 5) is 20.7. The smallest absolute Gasteiger partial charge is 0.279 e. The molecule has 1 fully saturated rings. The van der Waals surface area contributed by atoms with Crippen LogP contribution in [0.2, 0.25) is 0 Å². The first-order chi connectivity index (χ1) is 8.29. The van der Waals surface area contributed by atoms with Gasteiger partial charge in [-0.2, -0.15) is 8.42 Å². The molecule has 1 atom stereocenters. The van der Waals surface area contributed by atoms with Crippen molar-refractivity contribution in [2.75, 3.05) is 11.4 Å². The highest BCUT2D eigenvalue weighted by molar-refractivity contribution is 9.10. The standard InChI is InChI=1S/C9H9BrFN3O3S/c1-5-7(10)3-12-9(13-5)14-4-6(2-8(14)15)18(11,16)17/h3,6H,2,4H2,1H3. The van der Waals surface area contributed by atoms with Crippen LogP contribution >= 0.6 is 15.9 Å². The van der Waals surface area contributed by atoms with Crippen LogP contribution in [0.3, 0.4) is 0 Å². The quantitative estimate of drug-likeness (QED) is 0.750. The molecule has 6 nitrogen and oxygen atoms in total. The van der Waals surface area contributed by atoms with Gasteiger partial charge in [-0.15, -0.1) is 3.89 Å². The third-order valence-electron chi connectivity index (χ3n) is 2.64. The van der Waals surface area contributed by atoms with Gasteiger partial charge in [0.25, 0.3) is 0 Å². The van der Waals surface area contributed by atoms with E-state index in [-0.39, 0.29) is 18.9 Å². The number of amides is 1. The van der Waals surface area contributed by atoms with Crippen molar-refractivity contribution in [1.82, 2.24) is 9.97 Å². The van der Waals surface area contributed by atoms with Crippen LogP contribution in [0.15, 0.2) is 10.7 Å². The molecule has 0 bridgehead atoms.